The zero-order chi connectivity index (χ0) is 12.9. The second-order valence-electron chi connectivity index (χ2n) is 5.58. The lowest BCUT2D eigenvalue weighted by Crippen LogP contribution is -2.20. The van der Waals surface area contributed by atoms with Crippen LogP contribution in [0.1, 0.15) is 48.5 Å². The zero-order valence-corrected chi connectivity index (χ0v) is 12.1. The maximum Gasteiger partial charge on any atom is 0.0357 e. The van der Waals surface area contributed by atoms with Gasteiger partial charge in [0, 0.05) is 12.2 Å². The predicted molar refractivity (Wildman–Crippen MR) is 74.4 cm³/mol. The lowest BCUT2D eigenvalue weighted by molar-refractivity contribution is 0.602. The normalized spacial score (nSPS) is 11.1. The maximum atomic E-state index is 4.04. The molecule has 0 aromatic carbocycles. The first kappa shape index (κ1) is 15.3. The van der Waals surface area contributed by atoms with Crippen molar-refractivity contribution in [3.05, 3.63) is 23.4 Å². The van der Waals surface area contributed by atoms with Crippen LogP contribution in [0.4, 0.5) is 0 Å². The molecule has 0 amide bonds. The minimum atomic E-state index is 0.509. The van der Waals surface area contributed by atoms with Crippen LogP contribution in [0, 0.1) is 17.8 Å². The molecule has 0 radical (unpaired) electrons. The molecule has 0 heterocycles. The van der Waals surface area contributed by atoms with E-state index in [1.807, 2.05) is 0 Å². The van der Waals surface area contributed by atoms with E-state index in [4.69, 9.17) is 0 Å². The third kappa shape index (κ3) is 4.87. The Bertz CT molecular complexity index is 247. The molecule has 0 unspecified atom stereocenters. The number of rotatable bonds is 6. The molecule has 1 N–H and O–H groups in total. The lowest BCUT2D eigenvalue weighted by atomic mass is 9.88. The third-order valence-corrected chi connectivity index (χ3v) is 3.01. The summed E-state index contributed by atoms with van der Waals surface area (Å²) in [7, 11) is 0. The van der Waals surface area contributed by atoms with Gasteiger partial charge in [-0.3, -0.25) is 0 Å². The Labute approximate surface area is 102 Å². The van der Waals surface area contributed by atoms with E-state index in [2.05, 4.69) is 60.4 Å². The number of hydrogen-bond acceptors (Lipinski definition) is 1. The SMILES string of the molecule is C=C(NCC(C)=C(C(C)C)C(C)C)C(C)C. The van der Waals surface area contributed by atoms with E-state index >= 15 is 0 Å². The molecule has 0 saturated heterocycles. The molecule has 0 bridgehead atoms. The van der Waals surface area contributed by atoms with Crippen LogP contribution in [0.5, 0.6) is 0 Å². The van der Waals surface area contributed by atoms with Crippen molar-refractivity contribution >= 4 is 0 Å². The quantitative estimate of drug-likeness (QED) is 0.659. The molecular formula is C15H29N. The molecule has 0 aliphatic rings. The van der Waals surface area contributed by atoms with E-state index in [1.54, 1.807) is 5.57 Å². The van der Waals surface area contributed by atoms with Gasteiger partial charge in [0.25, 0.3) is 0 Å². The molecular weight excluding hydrogens is 194 g/mol. The van der Waals surface area contributed by atoms with Crippen molar-refractivity contribution in [1.29, 1.82) is 0 Å². The fourth-order valence-corrected chi connectivity index (χ4v) is 2.20. The van der Waals surface area contributed by atoms with Gasteiger partial charge in [-0.05, 0) is 24.7 Å². The molecule has 16 heavy (non-hydrogen) atoms. The van der Waals surface area contributed by atoms with Gasteiger partial charge in [-0.2, -0.15) is 0 Å². The summed E-state index contributed by atoms with van der Waals surface area (Å²) >= 11 is 0. The number of hydrogen-bond donors (Lipinski definition) is 1. The minimum absolute atomic E-state index is 0.509. The number of allylic oxidation sites excluding steroid dienone is 2. The van der Waals surface area contributed by atoms with Crippen LogP contribution in [0.2, 0.25) is 0 Å². The van der Waals surface area contributed by atoms with Crippen LogP contribution < -0.4 is 5.32 Å². The van der Waals surface area contributed by atoms with Gasteiger partial charge >= 0.3 is 0 Å². The highest BCUT2D eigenvalue weighted by Gasteiger charge is 2.11. The van der Waals surface area contributed by atoms with Gasteiger partial charge in [0.05, 0.1) is 0 Å². The first-order valence-electron chi connectivity index (χ1n) is 6.39. The summed E-state index contributed by atoms with van der Waals surface area (Å²) in [6, 6.07) is 0. The summed E-state index contributed by atoms with van der Waals surface area (Å²) in [5.41, 5.74) is 4.17. The van der Waals surface area contributed by atoms with E-state index in [9.17, 15) is 0 Å². The second-order valence-corrected chi connectivity index (χ2v) is 5.58. The molecule has 0 aliphatic heterocycles. The van der Waals surface area contributed by atoms with E-state index in [-0.39, 0.29) is 0 Å². The molecule has 0 spiro atoms. The van der Waals surface area contributed by atoms with Gasteiger partial charge in [-0.25, -0.2) is 0 Å². The molecule has 0 aromatic rings. The largest absolute Gasteiger partial charge is 0.385 e. The fraction of sp³-hybridized carbons (Fsp3) is 0.733. The first-order chi connectivity index (χ1) is 7.27. The van der Waals surface area contributed by atoms with Crippen LogP contribution in [0.3, 0.4) is 0 Å². The average molecular weight is 223 g/mol. The summed E-state index contributed by atoms with van der Waals surface area (Å²) in [5, 5.41) is 3.42. The highest BCUT2D eigenvalue weighted by atomic mass is 14.9. The Balaban J connectivity index is 4.56. The fourth-order valence-electron chi connectivity index (χ4n) is 2.20. The summed E-state index contributed by atoms with van der Waals surface area (Å²) in [5.74, 6) is 1.78. The molecule has 0 fully saturated rings. The number of nitrogens with one attached hydrogen (secondary N) is 1. The Morgan fingerprint density at radius 3 is 1.69 bits per heavy atom. The van der Waals surface area contributed by atoms with Gasteiger partial charge in [-0.15, -0.1) is 0 Å². The van der Waals surface area contributed by atoms with Crippen molar-refractivity contribution < 1.29 is 0 Å². The van der Waals surface area contributed by atoms with Crippen LogP contribution in [0.15, 0.2) is 23.4 Å². The molecule has 0 aromatic heterocycles. The monoisotopic (exact) mass is 223 g/mol. The molecule has 0 atom stereocenters. The highest BCUT2D eigenvalue weighted by Crippen LogP contribution is 2.23. The summed E-state index contributed by atoms with van der Waals surface area (Å²) in [6.45, 7) is 20.6. The summed E-state index contributed by atoms with van der Waals surface area (Å²) in [6.07, 6.45) is 0. The van der Waals surface area contributed by atoms with E-state index < -0.39 is 0 Å². The summed E-state index contributed by atoms with van der Waals surface area (Å²) < 4.78 is 0. The van der Waals surface area contributed by atoms with Crippen molar-refractivity contribution in [1.82, 2.24) is 5.32 Å². The first-order valence-corrected chi connectivity index (χ1v) is 6.39. The molecule has 1 nitrogen and oxygen atoms in total. The Kier molecular flexibility index (Phi) is 6.47. The average Bonchev–Trinajstić information content (AvgIpc) is 2.12. The Morgan fingerprint density at radius 1 is 0.938 bits per heavy atom. The van der Waals surface area contributed by atoms with Gasteiger partial charge in [-0.1, -0.05) is 59.3 Å². The van der Waals surface area contributed by atoms with Crippen molar-refractivity contribution in [2.24, 2.45) is 17.8 Å². The van der Waals surface area contributed by atoms with Crippen molar-refractivity contribution in [3.8, 4) is 0 Å². The van der Waals surface area contributed by atoms with E-state index in [0.29, 0.717) is 17.8 Å². The molecule has 1 heteroatoms. The molecule has 0 saturated carbocycles. The molecule has 0 aliphatic carbocycles. The molecule has 0 rings (SSSR count). The third-order valence-electron chi connectivity index (χ3n) is 3.01. The van der Waals surface area contributed by atoms with Crippen LogP contribution in [-0.2, 0) is 0 Å². The van der Waals surface area contributed by atoms with E-state index in [0.717, 1.165) is 12.2 Å². The van der Waals surface area contributed by atoms with Gasteiger partial charge in [0.15, 0.2) is 0 Å². The maximum absolute atomic E-state index is 4.04. The Morgan fingerprint density at radius 2 is 1.38 bits per heavy atom. The smallest absolute Gasteiger partial charge is 0.0357 e. The lowest BCUT2D eigenvalue weighted by Gasteiger charge is -2.21. The van der Waals surface area contributed by atoms with Crippen LogP contribution in [-0.4, -0.2) is 6.54 Å². The highest BCUT2D eigenvalue weighted by molar-refractivity contribution is 5.18. The van der Waals surface area contributed by atoms with Crippen molar-refractivity contribution in [3.63, 3.8) is 0 Å². The topological polar surface area (TPSA) is 12.0 Å². The van der Waals surface area contributed by atoms with Crippen molar-refractivity contribution in [2.75, 3.05) is 6.54 Å². The predicted octanol–water partition coefficient (Wildman–Crippen LogP) is 4.37. The van der Waals surface area contributed by atoms with Gasteiger partial charge < -0.3 is 5.32 Å². The van der Waals surface area contributed by atoms with Gasteiger partial charge in [0.2, 0.25) is 0 Å². The second kappa shape index (κ2) is 6.78. The van der Waals surface area contributed by atoms with E-state index in [1.165, 1.54) is 5.57 Å². The zero-order valence-electron chi connectivity index (χ0n) is 12.1. The minimum Gasteiger partial charge on any atom is -0.385 e. The van der Waals surface area contributed by atoms with Crippen LogP contribution in [0.25, 0.3) is 0 Å². The summed E-state index contributed by atoms with van der Waals surface area (Å²) in [4.78, 5) is 0. The van der Waals surface area contributed by atoms with Gasteiger partial charge in [0.1, 0.15) is 0 Å². The van der Waals surface area contributed by atoms with Crippen LogP contribution >= 0.6 is 0 Å². The standard InChI is InChI=1S/C15H29N/c1-10(2)14(8)16-9-13(7)15(11(3)4)12(5)6/h10-12,16H,8-9H2,1-7H3. The Hall–Kier alpha value is -0.720. The molecule has 94 valence electrons. The van der Waals surface area contributed by atoms with Crippen molar-refractivity contribution in [2.45, 2.75) is 48.5 Å².